The van der Waals surface area contributed by atoms with E-state index in [2.05, 4.69) is 4.72 Å². The largest absolute Gasteiger partial charge is 0.279 e. The molecule has 1 saturated heterocycles. The first-order valence-electron chi connectivity index (χ1n) is 5.93. The Bertz CT molecular complexity index is 333. The molecule has 0 aromatic heterocycles. The molecular formula is C10H19ClN2O2S. The van der Waals surface area contributed by atoms with Crippen LogP contribution in [0.1, 0.15) is 38.5 Å². The van der Waals surface area contributed by atoms with Gasteiger partial charge in [0, 0.05) is 24.5 Å². The molecule has 0 atom stereocenters. The first-order chi connectivity index (χ1) is 7.58. The molecule has 1 aliphatic heterocycles. The summed E-state index contributed by atoms with van der Waals surface area (Å²) >= 11 is 5.93. The Morgan fingerprint density at radius 1 is 1.12 bits per heavy atom. The van der Waals surface area contributed by atoms with Crippen LogP contribution in [0.15, 0.2) is 0 Å². The lowest BCUT2D eigenvalue weighted by Gasteiger charge is -2.30. The molecule has 2 fully saturated rings. The molecule has 1 saturated carbocycles. The Hall–Kier alpha value is 0.160. The third-order valence-corrected chi connectivity index (χ3v) is 5.81. The van der Waals surface area contributed by atoms with E-state index in [0.29, 0.717) is 19.0 Å². The Labute approximate surface area is 103 Å². The van der Waals surface area contributed by atoms with Crippen LogP contribution < -0.4 is 4.72 Å². The fourth-order valence-corrected chi connectivity index (χ4v) is 4.69. The lowest BCUT2D eigenvalue weighted by molar-refractivity contribution is 0.397. The summed E-state index contributed by atoms with van der Waals surface area (Å²) in [5.74, 6) is 0.375. The molecule has 0 radical (unpaired) electrons. The second kappa shape index (κ2) is 4.80. The molecule has 0 aromatic carbocycles. The van der Waals surface area contributed by atoms with Gasteiger partial charge in [0.15, 0.2) is 0 Å². The summed E-state index contributed by atoms with van der Waals surface area (Å²) in [7, 11) is -3.32. The van der Waals surface area contributed by atoms with E-state index < -0.39 is 10.2 Å². The van der Waals surface area contributed by atoms with Gasteiger partial charge >= 0.3 is 0 Å². The summed E-state index contributed by atoms with van der Waals surface area (Å²) in [6.45, 7) is 1.29. The number of nitrogens with zero attached hydrogens (tertiary/aromatic N) is 1. The van der Waals surface area contributed by atoms with Gasteiger partial charge < -0.3 is 0 Å². The fourth-order valence-electron chi connectivity index (χ4n) is 2.58. The zero-order valence-corrected chi connectivity index (χ0v) is 11.0. The third kappa shape index (κ3) is 2.53. The molecule has 1 heterocycles. The summed E-state index contributed by atoms with van der Waals surface area (Å²) < 4.78 is 28.6. The van der Waals surface area contributed by atoms with E-state index in [9.17, 15) is 8.42 Å². The van der Waals surface area contributed by atoms with Gasteiger partial charge in [0.2, 0.25) is 0 Å². The zero-order chi connectivity index (χ0) is 11.6. The van der Waals surface area contributed by atoms with Crippen LogP contribution in [0.5, 0.6) is 0 Å². The predicted octanol–water partition coefficient (Wildman–Crippen LogP) is 1.47. The van der Waals surface area contributed by atoms with Gasteiger partial charge in [0.1, 0.15) is 0 Å². The first-order valence-corrected chi connectivity index (χ1v) is 7.90. The minimum Gasteiger partial charge on any atom is -0.195 e. The number of rotatable bonds is 4. The summed E-state index contributed by atoms with van der Waals surface area (Å²) in [6.07, 6.45) is 5.79. The summed E-state index contributed by atoms with van der Waals surface area (Å²) in [4.78, 5) is 0. The van der Waals surface area contributed by atoms with Crippen LogP contribution >= 0.6 is 11.6 Å². The van der Waals surface area contributed by atoms with E-state index in [4.69, 9.17) is 11.6 Å². The monoisotopic (exact) mass is 266 g/mol. The van der Waals surface area contributed by atoms with Crippen LogP contribution in [-0.2, 0) is 10.2 Å². The van der Waals surface area contributed by atoms with Crippen molar-refractivity contribution >= 4 is 21.8 Å². The van der Waals surface area contributed by atoms with Crippen LogP contribution in [0.2, 0.25) is 0 Å². The van der Waals surface area contributed by atoms with Gasteiger partial charge in [-0.3, -0.25) is 0 Å². The lowest BCUT2D eigenvalue weighted by Crippen LogP contribution is -2.52. The molecule has 1 N–H and O–H groups in total. The number of hydrogen-bond acceptors (Lipinski definition) is 2. The predicted molar refractivity (Wildman–Crippen MR) is 64.8 cm³/mol. The molecule has 16 heavy (non-hydrogen) atoms. The van der Waals surface area contributed by atoms with Gasteiger partial charge in [-0.1, -0.05) is 12.8 Å². The van der Waals surface area contributed by atoms with E-state index in [1.54, 1.807) is 4.31 Å². The SMILES string of the molecule is O=S(=O)(NC1(CCl)CCCC1)N1CCCC1. The maximum atomic E-state index is 12.1. The summed E-state index contributed by atoms with van der Waals surface area (Å²) in [5.41, 5.74) is -0.386. The quantitative estimate of drug-likeness (QED) is 0.784. The van der Waals surface area contributed by atoms with E-state index >= 15 is 0 Å². The molecule has 94 valence electrons. The Kier molecular flexibility index (Phi) is 3.79. The second-order valence-electron chi connectivity index (χ2n) is 4.83. The normalized spacial score (nSPS) is 26.3. The Morgan fingerprint density at radius 2 is 1.69 bits per heavy atom. The number of halogens is 1. The molecule has 0 aromatic rings. The first kappa shape index (κ1) is 12.6. The van der Waals surface area contributed by atoms with Crippen molar-refractivity contribution in [1.29, 1.82) is 0 Å². The summed E-state index contributed by atoms with van der Waals surface area (Å²) in [6, 6.07) is 0. The van der Waals surface area contributed by atoms with Gasteiger partial charge in [-0.25, -0.2) is 0 Å². The third-order valence-electron chi connectivity index (χ3n) is 3.57. The van der Waals surface area contributed by atoms with Crippen LogP contribution in [0.4, 0.5) is 0 Å². The molecule has 6 heteroatoms. The van der Waals surface area contributed by atoms with Crippen LogP contribution in [0.3, 0.4) is 0 Å². The highest BCUT2D eigenvalue weighted by molar-refractivity contribution is 7.87. The number of alkyl halides is 1. The van der Waals surface area contributed by atoms with Crippen molar-refractivity contribution in [3.8, 4) is 0 Å². The average Bonchev–Trinajstić information content (AvgIpc) is 2.87. The average molecular weight is 267 g/mol. The Morgan fingerprint density at radius 3 is 2.19 bits per heavy atom. The van der Waals surface area contributed by atoms with E-state index in [-0.39, 0.29) is 5.54 Å². The molecule has 0 unspecified atom stereocenters. The van der Waals surface area contributed by atoms with Crippen molar-refractivity contribution in [2.45, 2.75) is 44.1 Å². The maximum Gasteiger partial charge on any atom is 0.279 e. The molecule has 1 aliphatic carbocycles. The minimum atomic E-state index is -3.32. The van der Waals surface area contributed by atoms with Crippen molar-refractivity contribution in [3.63, 3.8) is 0 Å². The van der Waals surface area contributed by atoms with E-state index in [1.165, 1.54) is 0 Å². The zero-order valence-electron chi connectivity index (χ0n) is 9.41. The molecule has 0 amide bonds. The van der Waals surface area contributed by atoms with Gasteiger partial charge in [0.25, 0.3) is 10.2 Å². The van der Waals surface area contributed by atoms with Crippen molar-refractivity contribution in [3.05, 3.63) is 0 Å². The van der Waals surface area contributed by atoms with Gasteiger partial charge in [-0.05, 0) is 25.7 Å². The van der Waals surface area contributed by atoms with Crippen molar-refractivity contribution < 1.29 is 8.42 Å². The van der Waals surface area contributed by atoms with Gasteiger partial charge in [-0.2, -0.15) is 17.4 Å². The molecular weight excluding hydrogens is 248 g/mol. The topological polar surface area (TPSA) is 49.4 Å². The highest BCUT2D eigenvalue weighted by Gasteiger charge is 2.39. The van der Waals surface area contributed by atoms with Crippen LogP contribution in [-0.4, -0.2) is 37.2 Å². The number of nitrogens with one attached hydrogen (secondary N) is 1. The molecule has 0 spiro atoms. The molecule has 2 rings (SSSR count). The highest BCUT2D eigenvalue weighted by Crippen LogP contribution is 2.32. The highest BCUT2D eigenvalue weighted by atomic mass is 35.5. The molecule has 2 aliphatic rings. The second-order valence-corrected chi connectivity index (χ2v) is 6.77. The van der Waals surface area contributed by atoms with Crippen molar-refractivity contribution in [2.24, 2.45) is 0 Å². The van der Waals surface area contributed by atoms with E-state index in [1.807, 2.05) is 0 Å². The van der Waals surface area contributed by atoms with Crippen LogP contribution in [0.25, 0.3) is 0 Å². The molecule has 4 nitrogen and oxygen atoms in total. The Balaban J connectivity index is 2.06. The van der Waals surface area contributed by atoms with Crippen molar-refractivity contribution in [1.82, 2.24) is 9.03 Å². The standard InChI is InChI=1S/C10H19ClN2O2S/c11-9-10(5-1-2-6-10)12-16(14,15)13-7-3-4-8-13/h12H,1-9H2. The maximum absolute atomic E-state index is 12.1. The summed E-state index contributed by atoms with van der Waals surface area (Å²) in [5, 5.41) is 0. The fraction of sp³-hybridized carbons (Fsp3) is 1.00. The van der Waals surface area contributed by atoms with Gasteiger partial charge in [0.05, 0.1) is 0 Å². The van der Waals surface area contributed by atoms with Gasteiger partial charge in [-0.15, -0.1) is 11.6 Å². The minimum absolute atomic E-state index is 0.375. The van der Waals surface area contributed by atoms with E-state index in [0.717, 1.165) is 38.5 Å². The number of hydrogen-bond donors (Lipinski definition) is 1. The smallest absolute Gasteiger partial charge is 0.195 e. The van der Waals surface area contributed by atoms with Crippen LogP contribution in [0, 0.1) is 0 Å². The lowest BCUT2D eigenvalue weighted by atomic mass is 10.0. The van der Waals surface area contributed by atoms with Crippen molar-refractivity contribution in [2.75, 3.05) is 19.0 Å². The molecule has 0 bridgehead atoms.